The van der Waals surface area contributed by atoms with Crippen LogP contribution >= 0.6 is 0 Å². The quantitative estimate of drug-likeness (QED) is 0.572. The monoisotopic (exact) mass is 152 g/mol. The molecule has 1 atom stereocenters. The van der Waals surface area contributed by atoms with Crippen molar-refractivity contribution in [1.82, 2.24) is 0 Å². The van der Waals surface area contributed by atoms with Gasteiger partial charge in [-0.1, -0.05) is 13.3 Å². The molecule has 0 saturated heterocycles. The predicted octanol–water partition coefficient (Wildman–Crippen LogP) is 2.41. The van der Waals surface area contributed by atoms with Gasteiger partial charge in [-0.3, -0.25) is 0 Å². The Balaban J connectivity index is 2.60. The minimum absolute atomic E-state index is 0.202. The first-order chi connectivity index (χ1) is 5.34. The van der Waals surface area contributed by atoms with Crippen molar-refractivity contribution in [3.05, 3.63) is 17.4 Å². The highest BCUT2D eigenvalue weighted by Gasteiger charge is 2.14. The van der Waals surface area contributed by atoms with E-state index in [-0.39, 0.29) is 6.10 Å². The van der Waals surface area contributed by atoms with Crippen molar-refractivity contribution in [2.24, 2.45) is 0 Å². The summed E-state index contributed by atoms with van der Waals surface area (Å²) in [6.07, 6.45) is 7.17. The first kappa shape index (κ1) is 8.58. The fourth-order valence-corrected chi connectivity index (χ4v) is 1.40. The molecule has 0 spiro atoms. The van der Waals surface area contributed by atoms with Gasteiger partial charge in [-0.15, -0.1) is 5.73 Å². The van der Waals surface area contributed by atoms with Crippen molar-refractivity contribution in [2.75, 3.05) is 0 Å². The van der Waals surface area contributed by atoms with E-state index in [1.807, 2.05) is 6.08 Å². The van der Waals surface area contributed by atoms with Gasteiger partial charge in [0.15, 0.2) is 0 Å². The summed E-state index contributed by atoms with van der Waals surface area (Å²) in [6, 6.07) is 0. The fourth-order valence-electron chi connectivity index (χ4n) is 1.40. The maximum absolute atomic E-state index is 9.48. The van der Waals surface area contributed by atoms with Gasteiger partial charge in [-0.25, -0.2) is 0 Å². The molecule has 1 rings (SSSR count). The second-order valence-corrected chi connectivity index (χ2v) is 3.04. The summed E-state index contributed by atoms with van der Waals surface area (Å²) >= 11 is 0. The summed E-state index contributed by atoms with van der Waals surface area (Å²) in [7, 11) is 0. The van der Waals surface area contributed by atoms with Crippen LogP contribution in [-0.4, -0.2) is 11.2 Å². The number of hydrogen-bond acceptors (Lipinski definition) is 1. The van der Waals surface area contributed by atoms with E-state index in [0.717, 1.165) is 24.8 Å². The van der Waals surface area contributed by atoms with Gasteiger partial charge < -0.3 is 5.11 Å². The Labute approximate surface area is 68.4 Å². The van der Waals surface area contributed by atoms with E-state index in [2.05, 4.69) is 12.7 Å². The second kappa shape index (κ2) is 4.38. The molecule has 0 aromatic carbocycles. The molecular weight excluding hydrogens is 136 g/mol. The maximum Gasteiger partial charge on any atom is 0.0823 e. The van der Waals surface area contributed by atoms with Crippen molar-refractivity contribution in [3.8, 4) is 0 Å². The lowest BCUT2D eigenvalue weighted by atomic mass is 9.93. The van der Waals surface area contributed by atoms with Gasteiger partial charge in [0.2, 0.25) is 0 Å². The smallest absolute Gasteiger partial charge is 0.0823 e. The SMILES string of the molecule is CCC=C=C1CCCCC1O. The minimum atomic E-state index is -0.202. The van der Waals surface area contributed by atoms with E-state index in [9.17, 15) is 5.11 Å². The summed E-state index contributed by atoms with van der Waals surface area (Å²) in [5.41, 5.74) is 4.27. The molecule has 11 heavy (non-hydrogen) atoms. The van der Waals surface area contributed by atoms with E-state index < -0.39 is 0 Å². The summed E-state index contributed by atoms with van der Waals surface area (Å²) in [6.45, 7) is 2.09. The van der Waals surface area contributed by atoms with Crippen molar-refractivity contribution >= 4 is 0 Å². The number of aliphatic hydroxyl groups excluding tert-OH is 1. The summed E-state index contributed by atoms with van der Waals surface area (Å²) < 4.78 is 0. The molecule has 1 heteroatoms. The Morgan fingerprint density at radius 1 is 1.64 bits per heavy atom. The van der Waals surface area contributed by atoms with Crippen LogP contribution in [-0.2, 0) is 0 Å². The molecule has 1 saturated carbocycles. The van der Waals surface area contributed by atoms with E-state index >= 15 is 0 Å². The Bertz CT molecular complexity index is 175. The van der Waals surface area contributed by atoms with Crippen molar-refractivity contribution in [2.45, 2.75) is 45.1 Å². The van der Waals surface area contributed by atoms with Crippen LogP contribution in [0.4, 0.5) is 0 Å². The average molecular weight is 152 g/mol. The normalized spacial score (nSPS) is 24.5. The second-order valence-electron chi connectivity index (χ2n) is 3.04. The van der Waals surface area contributed by atoms with Gasteiger partial charge in [0.1, 0.15) is 0 Å². The Kier molecular flexibility index (Phi) is 3.41. The van der Waals surface area contributed by atoms with Crippen LogP contribution in [0, 0.1) is 0 Å². The van der Waals surface area contributed by atoms with E-state index in [4.69, 9.17) is 0 Å². The van der Waals surface area contributed by atoms with Crippen LogP contribution in [0.25, 0.3) is 0 Å². The molecule has 1 nitrogen and oxygen atoms in total. The van der Waals surface area contributed by atoms with Crippen molar-refractivity contribution in [1.29, 1.82) is 0 Å². The van der Waals surface area contributed by atoms with Crippen LogP contribution in [0.5, 0.6) is 0 Å². The Hall–Kier alpha value is -0.520. The van der Waals surface area contributed by atoms with Crippen LogP contribution < -0.4 is 0 Å². The minimum Gasteiger partial charge on any atom is -0.388 e. The van der Waals surface area contributed by atoms with Crippen LogP contribution in [0.2, 0.25) is 0 Å². The molecule has 1 fully saturated rings. The number of rotatable bonds is 1. The van der Waals surface area contributed by atoms with Crippen molar-refractivity contribution in [3.63, 3.8) is 0 Å². The maximum atomic E-state index is 9.48. The third-order valence-corrected chi connectivity index (χ3v) is 2.07. The molecule has 0 bridgehead atoms. The number of aliphatic hydroxyl groups is 1. The molecular formula is C10H16O. The van der Waals surface area contributed by atoms with Gasteiger partial charge in [-0.05, 0) is 37.3 Å². The van der Waals surface area contributed by atoms with Crippen molar-refractivity contribution < 1.29 is 5.11 Å². The Morgan fingerprint density at radius 2 is 2.45 bits per heavy atom. The third kappa shape index (κ3) is 2.53. The Morgan fingerprint density at radius 3 is 3.09 bits per heavy atom. The fraction of sp³-hybridized carbons (Fsp3) is 0.700. The highest BCUT2D eigenvalue weighted by molar-refractivity contribution is 5.09. The molecule has 0 amide bonds. The highest BCUT2D eigenvalue weighted by atomic mass is 16.3. The van der Waals surface area contributed by atoms with Gasteiger partial charge in [-0.2, -0.15) is 0 Å². The van der Waals surface area contributed by atoms with Crippen LogP contribution in [0.15, 0.2) is 17.4 Å². The largest absolute Gasteiger partial charge is 0.388 e. The molecule has 62 valence electrons. The zero-order valence-corrected chi connectivity index (χ0v) is 7.14. The zero-order chi connectivity index (χ0) is 8.10. The lowest BCUT2D eigenvalue weighted by Crippen LogP contribution is -2.13. The molecule has 1 unspecified atom stereocenters. The van der Waals surface area contributed by atoms with Gasteiger partial charge >= 0.3 is 0 Å². The van der Waals surface area contributed by atoms with Gasteiger partial charge in [0.25, 0.3) is 0 Å². The first-order valence-corrected chi connectivity index (χ1v) is 4.46. The summed E-state index contributed by atoms with van der Waals surface area (Å²) in [5, 5.41) is 9.48. The summed E-state index contributed by atoms with van der Waals surface area (Å²) in [5.74, 6) is 0. The van der Waals surface area contributed by atoms with Gasteiger partial charge in [0.05, 0.1) is 6.10 Å². The molecule has 1 aliphatic rings. The highest BCUT2D eigenvalue weighted by Crippen LogP contribution is 2.22. The first-order valence-electron chi connectivity index (χ1n) is 4.46. The third-order valence-electron chi connectivity index (χ3n) is 2.07. The van der Waals surface area contributed by atoms with Crippen LogP contribution in [0.1, 0.15) is 39.0 Å². The van der Waals surface area contributed by atoms with E-state index in [1.165, 1.54) is 12.8 Å². The lowest BCUT2D eigenvalue weighted by Gasteiger charge is -2.18. The topological polar surface area (TPSA) is 20.2 Å². The molecule has 0 aliphatic heterocycles. The lowest BCUT2D eigenvalue weighted by molar-refractivity contribution is 0.179. The molecule has 1 N–H and O–H groups in total. The van der Waals surface area contributed by atoms with E-state index in [1.54, 1.807) is 0 Å². The van der Waals surface area contributed by atoms with Crippen LogP contribution in [0.3, 0.4) is 0 Å². The van der Waals surface area contributed by atoms with E-state index in [0.29, 0.717) is 0 Å². The molecule has 0 radical (unpaired) electrons. The molecule has 0 aromatic heterocycles. The standard InChI is InChI=1S/C10H16O/c1-2-3-6-9-7-4-5-8-10(9)11/h3,10-11H,2,4-5,7-8H2,1H3. The predicted molar refractivity (Wildman–Crippen MR) is 46.4 cm³/mol. The molecule has 1 aliphatic carbocycles. The molecule has 0 aromatic rings. The summed E-state index contributed by atoms with van der Waals surface area (Å²) in [4.78, 5) is 0. The average Bonchev–Trinajstić information content (AvgIpc) is 2.03. The zero-order valence-electron chi connectivity index (χ0n) is 7.14. The van der Waals surface area contributed by atoms with Gasteiger partial charge in [0, 0.05) is 0 Å². The molecule has 0 heterocycles. The number of hydrogen-bond donors (Lipinski definition) is 1.